The molecule has 0 unspecified atom stereocenters. The van der Waals surface area contributed by atoms with Crippen LogP contribution in [-0.2, 0) is 0 Å². The van der Waals surface area contributed by atoms with Gasteiger partial charge in [-0.05, 0) is 115 Å². The van der Waals surface area contributed by atoms with Crippen molar-refractivity contribution in [3.63, 3.8) is 0 Å². The lowest BCUT2D eigenvalue weighted by molar-refractivity contribution is 0.584. The number of benzene rings is 7. The molecule has 0 aliphatic rings. The van der Waals surface area contributed by atoms with Gasteiger partial charge in [0.1, 0.15) is 5.82 Å². The average molecular weight is 517 g/mol. The van der Waals surface area contributed by atoms with Crippen LogP contribution < -0.4 is 0 Å². The second-order valence-electron chi connectivity index (χ2n) is 10.1. The van der Waals surface area contributed by atoms with Crippen LogP contribution >= 0.6 is 0 Å². The van der Waals surface area contributed by atoms with Crippen LogP contribution in [0.5, 0.6) is 0 Å². The van der Waals surface area contributed by atoms with Crippen LogP contribution in [0.3, 0.4) is 0 Å². The Labute approximate surface area is 229 Å². The van der Waals surface area contributed by atoms with Crippen molar-refractivity contribution < 1.29 is 8.81 Å². The Kier molecular flexibility index (Phi) is 5.01. The third kappa shape index (κ3) is 3.73. The van der Waals surface area contributed by atoms with Gasteiger partial charge in [0.25, 0.3) is 0 Å². The van der Waals surface area contributed by atoms with Crippen LogP contribution in [0.1, 0.15) is 0 Å². The second kappa shape index (κ2) is 8.85. The van der Waals surface area contributed by atoms with Crippen LogP contribution in [0.15, 0.2) is 132 Å². The number of halogens is 1. The van der Waals surface area contributed by atoms with Crippen molar-refractivity contribution >= 4 is 32.3 Å². The predicted molar refractivity (Wildman–Crippen MR) is 160 cm³/mol. The SMILES string of the molecule is Fc1ccc(-c2cc3ccc4cc(-c5ccc(-c6nnc(-c7ccccc7)o6)cc5)cc5ccc(c2)c3c45)cc1. The summed E-state index contributed by atoms with van der Waals surface area (Å²) >= 11 is 0. The number of rotatable bonds is 4. The molecule has 0 radical (unpaired) electrons. The first-order valence-electron chi connectivity index (χ1n) is 13.2. The van der Waals surface area contributed by atoms with Gasteiger partial charge < -0.3 is 4.42 Å². The topological polar surface area (TPSA) is 38.9 Å². The Morgan fingerprint density at radius 2 is 0.800 bits per heavy atom. The van der Waals surface area contributed by atoms with Gasteiger partial charge in [-0.3, -0.25) is 0 Å². The molecule has 188 valence electrons. The zero-order valence-corrected chi connectivity index (χ0v) is 21.3. The van der Waals surface area contributed by atoms with Gasteiger partial charge in [0, 0.05) is 11.1 Å². The molecule has 0 saturated heterocycles. The van der Waals surface area contributed by atoms with Gasteiger partial charge in [0.2, 0.25) is 11.8 Å². The van der Waals surface area contributed by atoms with Crippen LogP contribution in [0, 0.1) is 5.82 Å². The summed E-state index contributed by atoms with van der Waals surface area (Å²) in [5.74, 6) is 0.788. The molecule has 0 amide bonds. The number of aromatic nitrogens is 2. The fraction of sp³-hybridized carbons (Fsp3) is 0. The van der Waals surface area contributed by atoms with E-state index >= 15 is 0 Å². The predicted octanol–water partition coefficient (Wildman–Crippen LogP) is 9.77. The highest BCUT2D eigenvalue weighted by atomic mass is 19.1. The third-order valence-electron chi connectivity index (χ3n) is 7.62. The summed E-state index contributed by atoms with van der Waals surface area (Å²) in [6, 6.07) is 42.4. The summed E-state index contributed by atoms with van der Waals surface area (Å²) < 4.78 is 19.4. The largest absolute Gasteiger partial charge is 0.416 e. The van der Waals surface area contributed by atoms with E-state index in [1.807, 2.05) is 54.6 Å². The number of hydrogen-bond donors (Lipinski definition) is 0. The molecule has 7 aromatic carbocycles. The van der Waals surface area contributed by atoms with E-state index in [4.69, 9.17) is 4.42 Å². The van der Waals surface area contributed by atoms with E-state index in [0.717, 1.165) is 33.4 Å². The first-order chi connectivity index (χ1) is 19.7. The maximum atomic E-state index is 13.5. The molecule has 8 rings (SSSR count). The van der Waals surface area contributed by atoms with E-state index in [2.05, 4.69) is 70.9 Å². The lowest BCUT2D eigenvalue weighted by Gasteiger charge is -2.14. The summed E-state index contributed by atoms with van der Waals surface area (Å²) in [4.78, 5) is 0. The van der Waals surface area contributed by atoms with E-state index in [1.54, 1.807) is 0 Å². The minimum Gasteiger partial charge on any atom is -0.416 e. The van der Waals surface area contributed by atoms with Gasteiger partial charge >= 0.3 is 0 Å². The van der Waals surface area contributed by atoms with Crippen LogP contribution in [0.25, 0.3) is 77.5 Å². The van der Waals surface area contributed by atoms with Crippen LogP contribution in [0.4, 0.5) is 4.39 Å². The highest BCUT2D eigenvalue weighted by Gasteiger charge is 2.14. The Balaban J connectivity index is 1.17. The molecule has 0 bridgehead atoms. The van der Waals surface area contributed by atoms with E-state index < -0.39 is 0 Å². The highest BCUT2D eigenvalue weighted by molar-refractivity contribution is 6.24. The molecular weight excluding hydrogens is 495 g/mol. The zero-order valence-electron chi connectivity index (χ0n) is 21.3. The molecular formula is C36H21FN2O. The van der Waals surface area contributed by atoms with Crippen molar-refractivity contribution in [3.05, 3.63) is 133 Å². The third-order valence-corrected chi connectivity index (χ3v) is 7.62. The minimum absolute atomic E-state index is 0.223. The number of hydrogen-bond acceptors (Lipinski definition) is 3. The van der Waals surface area contributed by atoms with E-state index in [1.165, 1.54) is 44.5 Å². The van der Waals surface area contributed by atoms with E-state index in [9.17, 15) is 4.39 Å². The van der Waals surface area contributed by atoms with Gasteiger partial charge in [0.15, 0.2) is 0 Å². The van der Waals surface area contributed by atoms with Crippen molar-refractivity contribution in [3.8, 4) is 45.2 Å². The van der Waals surface area contributed by atoms with Crippen molar-refractivity contribution in [1.29, 1.82) is 0 Å². The van der Waals surface area contributed by atoms with Crippen molar-refractivity contribution in [2.24, 2.45) is 0 Å². The van der Waals surface area contributed by atoms with Gasteiger partial charge in [-0.15, -0.1) is 10.2 Å². The normalized spacial score (nSPS) is 11.6. The maximum absolute atomic E-state index is 13.5. The smallest absolute Gasteiger partial charge is 0.248 e. The molecule has 4 heteroatoms. The standard InChI is InChI=1S/C36H21FN2O/c37-32-16-14-23(15-17-32)31-20-28-12-10-26-18-30(19-27-11-13-29(21-31)34(28)33(26)27)22-6-8-25(9-7-22)36-39-38-35(40-36)24-4-2-1-3-5-24/h1-21H. The second-order valence-corrected chi connectivity index (χ2v) is 10.1. The van der Waals surface area contributed by atoms with Gasteiger partial charge in [-0.1, -0.05) is 66.7 Å². The summed E-state index contributed by atoms with van der Waals surface area (Å²) in [5, 5.41) is 15.8. The number of nitrogens with zero attached hydrogens (tertiary/aromatic N) is 2. The molecule has 0 fully saturated rings. The molecule has 40 heavy (non-hydrogen) atoms. The average Bonchev–Trinajstić information content (AvgIpc) is 3.51. The van der Waals surface area contributed by atoms with Crippen LogP contribution in [-0.4, -0.2) is 10.2 Å². The van der Waals surface area contributed by atoms with Gasteiger partial charge in [0.05, 0.1) is 0 Å². The van der Waals surface area contributed by atoms with E-state index in [-0.39, 0.29) is 5.82 Å². The van der Waals surface area contributed by atoms with Gasteiger partial charge in [-0.25, -0.2) is 4.39 Å². The first-order valence-corrected chi connectivity index (χ1v) is 13.2. The lowest BCUT2D eigenvalue weighted by Crippen LogP contribution is -1.88. The van der Waals surface area contributed by atoms with Crippen molar-refractivity contribution in [2.45, 2.75) is 0 Å². The summed E-state index contributed by atoms with van der Waals surface area (Å²) in [5.41, 5.74) is 6.15. The van der Waals surface area contributed by atoms with Gasteiger partial charge in [-0.2, -0.15) is 0 Å². The van der Waals surface area contributed by atoms with Crippen LogP contribution in [0.2, 0.25) is 0 Å². The Morgan fingerprint density at radius 1 is 0.400 bits per heavy atom. The summed E-state index contributed by atoms with van der Waals surface area (Å²) in [7, 11) is 0. The van der Waals surface area contributed by atoms with Crippen molar-refractivity contribution in [1.82, 2.24) is 10.2 Å². The molecule has 1 aromatic heterocycles. The molecule has 0 aliphatic heterocycles. The molecule has 0 spiro atoms. The minimum atomic E-state index is -0.223. The molecule has 8 aromatic rings. The Hall–Kier alpha value is -5.35. The molecule has 0 saturated carbocycles. The maximum Gasteiger partial charge on any atom is 0.248 e. The van der Waals surface area contributed by atoms with E-state index in [0.29, 0.717) is 11.8 Å². The van der Waals surface area contributed by atoms with Crippen molar-refractivity contribution in [2.75, 3.05) is 0 Å². The zero-order chi connectivity index (χ0) is 26.6. The quantitative estimate of drug-likeness (QED) is 0.219. The molecule has 3 nitrogen and oxygen atoms in total. The summed E-state index contributed by atoms with van der Waals surface area (Å²) in [6.07, 6.45) is 0. The summed E-state index contributed by atoms with van der Waals surface area (Å²) in [6.45, 7) is 0. The molecule has 0 N–H and O–H groups in total. The fourth-order valence-electron chi connectivity index (χ4n) is 5.66. The highest BCUT2D eigenvalue weighted by Crippen LogP contribution is 2.39. The monoisotopic (exact) mass is 516 g/mol. The molecule has 0 aliphatic carbocycles. The molecule has 0 atom stereocenters. The Morgan fingerprint density at radius 3 is 1.27 bits per heavy atom. The molecule has 1 heterocycles. The lowest BCUT2D eigenvalue weighted by atomic mass is 9.89. The fourth-order valence-corrected chi connectivity index (χ4v) is 5.66. The first kappa shape index (κ1) is 22.6. The Bertz CT molecular complexity index is 2080.